The van der Waals surface area contributed by atoms with Crippen LogP contribution in [0.3, 0.4) is 0 Å². The fourth-order valence-corrected chi connectivity index (χ4v) is 10.6. The Morgan fingerprint density at radius 3 is 2.49 bits per heavy atom. The van der Waals surface area contributed by atoms with E-state index in [1.165, 1.54) is 16.0 Å². The van der Waals surface area contributed by atoms with Crippen molar-refractivity contribution >= 4 is 46.3 Å². The van der Waals surface area contributed by atoms with Crippen LogP contribution in [0.5, 0.6) is 0 Å². The number of carbonyl (C=O) groups is 5. The first-order chi connectivity index (χ1) is 33.5. The van der Waals surface area contributed by atoms with E-state index in [0.29, 0.717) is 52.2 Å². The van der Waals surface area contributed by atoms with Crippen LogP contribution in [-0.2, 0) is 51.1 Å². The Bertz CT molecular complexity index is 2380. The van der Waals surface area contributed by atoms with Gasteiger partial charge in [-0.15, -0.1) is 0 Å². The zero-order valence-corrected chi connectivity index (χ0v) is 42.7. The van der Waals surface area contributed by atoms with E-state index in [-0.39, 0.29) is 68.1 Å². The zero-order chi connectivity index (χ0) is 50.4. The number of nitrogens with zero attached hydrogens (tertiary/aromatic N) is 7. The predicted molar refractivity (Wildman–Crippen MR) is 267 cm³/mol. The minimum Gasteiger partial charge on any atom is -0.464 e. The fraction of sp³-hybridized carbons (Fsp3) is 0.615. The van der Waals surface area contributed by atoms with Crippen molar-refractivity contribution in [1.82, 2.24) is 40.0 Å². The maximum atomic E-state index is 14.1. The molecule has 4 saturated heterocycles. The number of morpholine rings is 2. The molecule has 6 heterocycles. The first-order valence-corrected chi connectivity index (χ1v) is 25.1. The van der Waals surface area contributed by atoms with Gasteiger partial charge in [0.15, 0.2) is 0 Å². The zero-order valence-electron chi connectivity index (χ0n) is 42.7. The van der Waals surface area contributed by atoms with Gasteiger partial charge in [0, 0.05) is 87.2 Å². The molecule has 70 heavy (non-hydrogen) atoms. The number of aryl methyl sites for hydroxylation is 1. The number of likely N-dealkylation sites (N-methyl/N-ethyl adjacent to an activating group) is 1. The van der Waals surface area contributed by atoms with Gasteiger partial charge < -0.3 is 48.4 Å². The third-order valence-corrected chi connectivity index (χ3v) is 14.3. The normalized spacial score (nSPS) is 21.0. The summed E-state index contributed by atoms with van der Waals surface area (Å²) in [6.07, 6.45) is 4.37. The van der Waals surface area contributed by atoms with E-state index in [2.05, 4.69) is 71.8 Å². The summed E-state index contributed by atoms with van der Waals surface area (Å²) in [6, 6.07) is 7.47. The Labute approximate surface area is 412 Å². The summed E-state index contributed by atoms with van der Waals surface area (Å²) >= 11 is 0. The number of aromatic nitrogens is 2. The minimum absolute atomic E-state index is 0.126. The molecule has 4 aliphatic heterocycles. The van der Waals surface area contributed by atoms with Gasteiger partial charge in [0.1, 0.15) is 18.1 Å². The second kappa shape index (κ2) is 22.7. The molecule has 382 valence electrons. The Morgan fingerprint density at radius 1 is 1.04 bits per heavy atom. The highest BCUT2D eigenvalue weighted by molar-refractivity contribution is 5.95. The van der Waals surface area contributed by atoms with E-state index in [1.807, 2.05) is 33.8 Å². The Balaban J connectivity index is 1.02. The van der Waals surface area contributed by atoms with Gasteiger partial charge in [-0.3, -0.25) is 29.2 Å². The van der Waals surface area contributed by atoms with Gasteiger partial charge in [0.2, 0.25) is 11.8 Å². The minimum atomic E-state index is -0.921. The first-order valence-electron chi connectivity index (χ1n) is 25.1. The molecule has 0 bridgehead atoms. The van der Waals surface area contributed by atoms with Gasteiger partial charge in [-0.25, -0.2) is 10.2 Å². The number of hydrazine groups is 1. The molecule has 0 spiro atoms. The fourth-order valence-electron chi connectivity index (χ4n) is 10.6. The van der Waals surface area contributed by atoms with Crippen LogP contribution < -0.4 is 15.6 Å². The number of nitrogens with one attached hydrogen (secondary N) is 2. The van der Waals surface area contributed by atoms with Gasteiger partial charge in [0.25, 0.3) is 5.91 Å². The van der Waals surface area contributed by atoms with Crippen LogP contribution in [0, 0.1) is 11.3 Å². The highest BCUT2D eigenvalue weighted by Crippen LogP contribution is 2.42. The third-order valence-electron chi connectivity index (χ3n) is 14.3. The van der Waals surface area contributed by atoms with Crippen LogP contribution in [0.15, 0.2) is 49.2 Å². The maximum absolute atomic E-state index is 14.1. The molecule has 0 saturated carbocycles. The van der Waals surface area contributed by atoms with Crippen molar-refractivity contribution in [2.24, 2.45) is 11.3 Å². The van der Waals surface area contributed by atoms with Crippen LogP contribution in [0.2, 0.25) is 0 Å². The molecule has 18 nitrogen and oxygen atoms in total. The number of ether oxygens (including phenoxy) is 4. The van der Waals surface area contributed by atoms with Crippen molar-refractivity contribution in [3.63, 3.8) is 0 Å². The van der Waals surface area contributed by atoms with Crippen LogP contribution >= 0.6 is 0 Å². The number of hydrogen-bond donors (Lipinski definition) is 2. The average Bonchev–Trinajstić information content (AvgIpc) is 3.95. The average molecular weight is 970 g/mol. The molecule has 6 atom stereocenters. The second-order valence-corrected chi connectivity index (χ2v) is 20.1. The van der Waals surface area contributed by atoms with Crippen molar-refractivity contribution in [1.29, 1.82) is 0 Å². The summed E-state index contributed by atoms with van der Waals surface area (Å²) in [5.74, 6) is -1.81. The summed E-state index contributed by atoms with van der Waals surface area (Å²) in [4.78, 5) is 80.5. The smallest absolute Gasteiger partial charge is 0.324 e. The quantitative estimate of drug-likeness (QED) is 0.138. The van der Waals surface area contributed by atoms with E-state index >= 15 is 0 Å². The van der Waals surface area contributed by atoms with E-state index in [1.54, 1.807) is 30.2 Å². The number of urea groups is 1. The number of benzene rings is 1. The molecule has 4 fully saturated rings. The number of anilines is 1. The second-order valence-electron chi connectivity index (χ2n) is 20.1. The van der Waals surface area contributed by atoms with Crippen molar-refractivity contribution < 1.29 is 42.9 Å². The van der Waals surface area contributed by atoms with Gasteiger partial charge in [-0.05, 0) is 87.4 Å². The largest absolute Gasteiger partial charge is 0.464 e. The van der Waals surface area contributed by atoms with Crippen LogP contribution in [-0.4, -0.2) is 169 Å². The molecule has 7 rings (SSSR count). The van der Waals surface area contributed by atoms with Gasteiger partial charge in [-0.2, -0.15) is 0 Å². The molecule has 0 aliphatic carbocycles. The highest BCUT2D eigenvalue weighted by atomic mass is 16.5. The molecule has 18 heteroatoms. The van der Waals surface area contributed by atoms with E-state index in [9.17, 15) is 24.0 Å². The van der Waals surface area contributed by atoms with Crippen LogP contribution in [0.25, 0.3) is 22.2 Å². The molecule has 2 N–H and O–H groups in total. The number of rotatable bonds is 17. The van der Waals surface area contributed by atoms with Gasteiger partial charge in [0.05, 0.1) is 62.6 Å². The topological polar surface area (TPSA) is 180 Å². The Morgan fingerprint density at radius 2 is 1.80 bits per heavy atom. The molecule has 5 amide bonds. The SMILES string of the molecule is C=CC(=O)N1CCO[C@H]2CN(C(=O)N(C)[C@H](C(=O)N[C@@H](CC)C(=O)N3CCC[C@@H](C(=O)OCC(C)(C)Cc4c(-c5cccnc5[C@H](C)OC)n(CC)c5ccc(N6CCOCC6)cc45)N3)C(C)C)C[C@H]21. The Kier molecular flexibility index (Phi) is 16.9. The standard InChI is InChI=1S/C52H75N9O9/c1-11-39(54-48(63)46(33(4)5)56(9)51(66)58-30-42-43(31-58)69-27-24-60(42)44(62)12-2)49(64)61-21-15-17-40(55-61)50(65)70-32-52(7,8)29-38-37-28-35(57-22-25-68-26-23-57)18-19-41(37)59(13-3)47(38)36-16-14-20-53-45(36)34(6)67-10/h12,14,16,18-20,28,33-34,39-40,42-43,46,55H,2,11,13,15,17,21-27,29-32H2,1,3-10H3,(H,54,63)/t34-,39-,40-,42+,43-,46-/m0/s1. The lowest BCUT2D eigenvalue weighted by atomic mass is 9.84. The van der Waals surface area contributed by atoms with Crippen molar-refractivity contribution in [3.8, 4) is 11.3 Å². The monoisotopic (exact) mass is 970 g/mol. The summed E-state index contributed by atoms with van der Waals surface area (Å²) in [6.45, 7) is 23.0. The summed E-state index contributed by atoms with van der Waals surface area (Å²) in [7, 11) is 3.27. The number of likely N-dealkylation sites (tertiary alicyclic amines) is 1. The molecule has 4 aliphatic rings. The summed E-state index contributed by atoms with van der Waals surface area (Å²) in [5, 5.41) is 5.47. The maximum Gasteiger partial charge on any atom is 0.324 e. The van der Waals surface area contributed by atoms with E-state index in [0.717, 1.165) is 58.7 Å². The van der Waals surface area contributed by atoms with Crippen LogP contribution in [0.4, 0.5) is 10.5 Å². The molecule has 1 aromatic carbocycles. The molecule has 3 aromatic rings. The lowest BCUT2D eigenvalue weighted by molar-refractivity contribution is -0.155. The molecule has 2 aromatic heterocycles. The molecular weight excluding hydrogens is 895 g/mol. The van der Waals surface area contributed by atoms with Gasteiger partial charge >= 0.3 is 12.0 Å². The summed E-state index contributed by atoms with van der Waals surface area (Å²) in [5.41, 5.74) is 8.90. The Hall–Kier alpha value is -5.56. The lowest BCUT2D eigenvalue weighted by Gasteiger charge is -2.37. The molecule has 0 unspecified atom stereocenters. The number of esters is 1. The van der Waals surface area contributed by atoms with Gasteiger partial charge in [-0.1, -0.05) is 41.2 Å². The van der Waals surface area contributed by atoms with E-state index < -0.39 is 35.4 Å². The molecule has 0 radical (unpaired) electrons. The number of amides is 5. The first kappa shape index (κ1) is 52.3. The van der Waals surface area contributed by atoms with Crippen molar-refractivity contribution in [2.45, 2.75) is 117 Å². The highest BCUT2D eigenvalue weighted by Gasteiger charge is 2.45. The van der Waals surface area contributed by atoms with Crippen molar-refractivity contribution in [3.05, 3.63) is 60.4 Å². The number of carbonyl (C=O) groups excluding carboxylic acids is 5. The summed E-state index contributed by atoms with van der Waals surface area (Å²) < 4.78 is 25.9. The number of pyridine rings is 1. The predicted octanol–water partition coefficient (Wildman–Crippen LogP) is 4.94. The number of methoxy groups -OCH3 is 1. The third kappa shape index (κ3) is 11.1. The number of fused-ring (bicyclic) bond motifs is 2. The van der Waals surface area contributed by atoms with E-state index in [4.69, 9.17) is 23.9 Å². The van der Waals surface area contributed by atoms with Crippen LogP contribution in [0.1, 0.15) is 85.1 Å². The van der Waals surface area contributed by atoms with Crippen molar-refractivity contribution in [2.75, 3.05) is 84.8 Å². The number of hydrogen-bond acceptors (Lipinski definition) is 12. The lowest BCUT2D eigenvalue weighted by Crippen LogP contribution is -2.62. The molecular formula is C52H75N9O9.